The molecule has 0 unspecified atom stereocenters. The summed E-state index contributed by atoms with van der Waals surface area (Å²) in [5.41, 5.74) is 3.22. The predicted molar refractivity (Wildman–Crippen MR) is 81.4 cm³/mol. The first kappa shape index (κ1) is 14.1. The Labute approximate surface area is 119 Å². The zero-order valence-corrected chi connectivity index (χ0v) is 12.1. The topological polar surface area (TPSA) is 50.8 Å². The molecule has 0 aliphatic heterocycles. The smallest absolute Gasteiger partial charge is 0.217 e. The van der Waals surface area contributed by atoms with Crippen LogP contribution in [-0.2, 0) is 6.42 Å². The van der Waals surface area contributed by atoms with Gasteiger partial charge in [-0.25, -0.2) is 9.97 Å². The summed E-state index contributed by atoms with van der Waals surface area (Å²) in [6.07, 6.45) is 10.3. The molecule has 1 N–H and O–H groups in total. The second kappa shape index (κ2) is 6.70. The summed E-state index contributed by atoms with van der Waals surface area (Å²) in [7, 11) is 1.65. The molecule has 0 aromatic carbocycles. The van der Waals surface area contributed by atoms with Crippen LogP contribution in [-0.4, -0.2) is 22.1 Å². The molecule has 2 aromatic rings. The molecule has 20 heavy (non-hydrogen) atoms. The number of imidazole rings is 1. The number of allylic oxidation sites excluding steroid dienone is 2. The number of aromatic nitrogens is 3. The van der Waals surface area contributed by atoms with Gasteiger partial charge in [0.05, 0.1) is 12.8 Å². The van der Waals surface area contributed by atoms with Crippen molar-refractivity contribution in [1.29, 1.82) is 0 Å². The molecule has 2 heterocycles. The largest absolute Gasteiger partial charge is 0.481 e. The zero-order chi connectivity index (χ0) is 14.4. The van der Waals surface area contributed by atoms with Crippen LogP contribution < -0.4 is 4.74 Å². The molecule has 0 saturated heterocycles. The Morgan fingerprint density at radius 3 is 2.80 bits per heavy atom. The van der Waals surface area contributed by atoms with Crippen LogP contribution in [0.25, 0.3) is 12.2 Å². The van der Waals surface area contributed by atoms with Crippen molar-refractivity contribution in [2.24, 2.45) is 0 Å². The molecule has 2 aromatic heterocycles. The van der Waals surface area contributed by atoms with Gasteiger partial charge in [-0.2, -0.15) is 0 Å². The van der Waals surface area contributed by atoms with E-state index in [-0.39, 0.29) is 0 Å². The van der Waals surface area contributed by atoms with Crippen LogP contribution in [0.5, 0.6) is 5.88 Å². The molecule has 0 spiro atoms. The summed E-state index contributed by atoms with van der Waals surface area (Å²) >= 11 is 0. The fourth-order valence-electron chi connectivity index (χ4n) is 1.76. The molecule has 0 fully saturated rings. The Morgan fingerprint density at radius 1 is 1.30 bits per heavy atom. The third-order valence-electron chi connectivity index (χ3n) is 2.82. The third-order valence-corrected chi connectivity index (χ3v) is 2.82. The highest BCUT2D eigenvalue weighted by atomic mass is 16.5. The van der Waals surface area contributed by atoms with Gasteiger partial charge >= 0.3 is 0 Å². The first-order valence-electron chi connectivity index (χ1n) is 6.54. The van der Waals surface area contributed by atoms with E-state index in [1.54, 1.807) is 19.5 Å². The van der Waals surface area contributed by atoms with Gasteiger partial charge in [0.15, 0.2) is 0 Å². The number of ether oxygens (including phenoxy) is 1. The van der Waals surface area contributed by atoms with Gasteiger partial charge in [-0.15, -0.1) is 0 Å². The molecule has 0 atom stereocenters. The Bertz CT molecular complexity index is 609. The lowest BCUT2D eigenvalue weighted by Gasteiger charge is -2.06. The van der Waals surface area contributed by atoms with Crippen molar-refractivity contribution < 1.29 is 4.74 Å². The number of aromatic amines is 1. The van der Waals surface area contributed by atoms with E-state index in [1.165, 1.54) is 5.57 Å². The summed E-state index contributed by atoms with van der Waals surface area (Å²) < 4.78 is 5.36. The number of rotatable bonds is 5. The molecule has 0 bridgehead atoms. The number of hydrogen-bond acceptors (Lipinski definition) is 3. The second-order valence-electron chi connectivity index (χ2n) is 4.70. The van der Waals surface area contributed by atoms with Crippen LogP contribution in [0.15, 0.2) is 36.2 Å². The summed E-state index contributed by atoms with van der Waals surface area (Å²) in [6, 6.07) is 4.03. The van der Waals surface area contributed by atoms with Crippen LogP contribution in [0, 0.1) is 0 Å². The average Bonchev–Trinajstić information content (AvgIpc) is 2.96. The van der Waals surface area contributed by atoms with E-state index in [0.717, 1.165) is 23.5 Å². The van der Waals surface area contributed by atoms with E-state index in [0.29, 0.717) is 5.88 Å². The number of nitrogens with zero attached hydrogens (tertiary/aromatic N) is 2. The van der Waals surface area contributed by atoms with Gasteiger partial charge in [0.2, 0.25) is 5.88 Å². The minimum Gasteiger partial charge on any atom is -0.481 e. The van der Waals surface area contributed by atoms with Crippen LogP contribution in [0.1, 0.15) is 30.9 Å². The number of pyridine rings is 1. The summed E-state index contributed by atoms with van der Waals surface area (Å²) in [6.45, 7) is 4.17. The molecule has 0 radical (unpaired) electrons. The van der Waals surface area contributed by atoms with Crippen LogP contribution in [0.4, 0.5) is 0 Å². The second-order valence-corrected chi connectivity index (χ2v) is 4.70. The predicted octanol–water partition coefficient (Wildman–Crippen LogP) is 3.49. The van der Waals surface area contributed by atoms with Crippen molar-refractivity contribution in [3.8, 4) is 5.88 Å². The fourth-order valence-corrected chi connectivity index (χ4v) is 1.76. The van der Waals surface area contributed by atoms with E-state index in [4.69, 9.17) is 4.74 Å². The fraction of sp³-hybridized carbons (Fsp3) is 0.250. The molecule has 2 rings (SSSR count). The van der Waals surface area contributed by atoms with E-state index in [1.807, 2.05) is 24.3 Å². The number of methoxy groups -OCH3 is 1. The molecule has 104 valence electrons. The van der Waals surface area contributed by atoms with Crippen molar-refractivity contribution in [3.63, 3.8) is 0 Å². The first-order chi connectivity index (χ1) is 9.69. The lowest BCUT2D eigenvalue weighted by atomic mass is 10.1. The molecule has 0 amide bonds. The van der Waals surface area contributed by atoms with Crippen LogP contribution in [0.2, 0.25) is 0 Å². The summed E-state index contributed by atoms with van der Waals surface area (Å²) in [5, 5.41) is 0. The van der Waals surface area contributed by atoms with Gasteiger partial charge in [-0.1, -0.05) is 17.7 Å². The maximum Gasteiger partial charge on any atom is 0.217 e. The van der Waals surface area contributed by atoms with Gasteiger partial charge in [0.1, 0.15) is 5.82 Å². The van der Waals surface area contributed by atoms with Gasteiger partial charge < -0.3 is 9.72 Å². The normalized spacial score (nSPS) is 10.8. The van der Waals surface area contributed by atoms with Gasteiger partial charge in [-0.3, -0.25) is 0 Å². The first-order valence-corrected chi connectivity index (χ1v) is 6.54. The Hall–Kier alpha value is -2.36. The number of nitrogens with one attached hydrogen (secondary N) is 1. The summed E-state index contributed by atoms with van der Waals surface area (Å²) in [4.78, 5) is 11.6. The SMILES string of the molecule is COc1nc(/C=C/c2ncc[nH]2)ccc1CC=C(C)C. The average molecular weight is 269 g/mol. The molecule has 4 nitrogen and oxygen atoms in total. The molecule has 0 aliphatic carbocycles. The molecule has 4 heteroatoms. The van der Waals surface area contributed by atoms with Crippen molar-refractivity contribution in [2.75, 3.05) is 7.11 Å². The van der Waals surface area contributed by atoms with Gasteiger partial charge in [-0.05, 0) is 38.5 Å². The maximum atomic E-state index is 5.36. The van der Waals surface area contributed by atoms with Gasteiger partial charge in [0, 0.05) is 18.0 Å². The highest BCUT2D eigenvalue weighted by molar-refractivity contribution is 5.65. The van der Waals surface area contributed by atoms with Gasteiger partial charge in [0.25, 0.3) is 0 Å². The highest BCUT2D eigenvalue weighted by Gasteiger charge is 2.04. The standard InChI is InChI=1S/C16H19N3O/c1-12(2)4-5-13-6-7-14(19-16(13)20-3)8-9-15-17-10-11-18-15/h4,6-11H,5H2,1-3H3,(H,17,18)/b9-8+. The van der Waals surface area contributed by atoms with E-state index >= 15 is 0 Å². The van der Waals surface area contributed by atoms with Crippen molar-refractivity contribution in [2.45, 2.75) is 20.3 Å². The summed E-state index contributed by atoms with van der Waals surface area (Å²) in [5.74, 6) is 1.48. The highest BCUT2D eigenvalue weighted by Crippen LogP contribution is 2.18. The van der Waals surface area contributed by atoms with Crippen LogP contribution in [0.3, 0.4) is 0 Å². The Morgan fingerprint density at radius 2 is 2.15 bits per heavy atom. The van der Waals surface area contributed by atoms with E-state index in [2.05, 4.69) is 34.9 Å². The zero-order valence-electron chi connectivity index (χ0n) is 12.1. The van der Waals surface area contributed by atoms with E-state index < -0.39 is 0 Å². The van der Waals surface area contributed by atoms with Crippen molar-refractivity contribution >= 4 is 12.2 Å². The molecule has 0 saturated carbocycles. The third kappa shape index (κ3) is 3.82. The van der Waals surface area contributed by atoms with Crippen LogP contribution >= 0.6 is 0 Å². The quantitative estimate of drug-likeness (QED) is 0.845. The monoisotopic (exact) mass is 269 g/mol. The maximum absolute atomic E-state index is 5.36. The number of H-pyrrole nitrogens is 1. The Balaban J connectivity index is 2.18. The lowest BCUT2D eigenvalue weighted by Crippen LogP contribution is -1.96. The number of hydrogen-bond donors (Lipinski definition) is 1. The minimum absolute atomic E-state index is 0.670. The van der Waals surface area contributed by atoms with Crippen molar-refractivity contribution in [3.05, 3.63) is 53.3 Å². The molecular weight excluding hydrogens is 250 g/mol. The molecular formula is C16H19N3O. The lowest BCUT2D eigenvalue weighted by molar-refractivity contribution is 0.393. The Kier molecular flexibility index (Phi) is 4.71. The minimum atomic E-state index is 0.670. The van der Waals surface area contributed by atoms with Crippen molar-refractivity contribution in [1.82, 2.24) is 15.0 Å². The molecule has 0 aliphatic rings. The van der Waals surface area contributed by atoms with E-state index in [9.17, 15) is 0 Å².